The first kappa shape index (κ1) is 63.0. The fraction of sp³-hybridized carbons (Fsp3) is 0.826. The SMILES string of the molecule is CC(=O)NC(CO)C(=O)NC(C(=O)NC(C)C(=O)N1CCCC1C(=O)N1CCCC1C(=O)NC(C)C(N)=O)C(C)O[C@@H]1OC(CO[C@@H]2OC(CO)[C@H](O)[C@H](O)C2NC(C)=O)[C@H](O)[C@H](O[C@@H]2OC(CO)[C@H](O)[C@H](O)C2O)C1C. The van der Waals surface area contributed by atoms with Crippen LogP contribution in [-0.2, 0) is 66.8 Å². The van der Waals surface area contributed by atoms with E-state index in [2.05, 4.69) is 26.6 Å². The van der Waals surface area contributed by atoms with Crippen molar-refractivity contribution in [2.45, 2.75) is 196 Å². The standard InChI is InChI=1S/C46H76N8O23/c1-17-37(77-46-36(65)35(64)32(61)27(15-57)75-46)33(62)28(16-72-45-30(51-22(6)59)34(63)31(60)26(14-56)74-45)76-44(17)73-20(4)29(52-39(67)23(13-55)50-21(5)58)41(69)49-19(3)42(70)54-12-8-10-25(54)43(71)53-11-7-9-24(53)40(68)48-18(2)38(47)66/h17-20,23-37,44-46,55-57,60-65H,7-16H2,1-6H3,(H2,47,66)(H,48,68)(H,49,69)(H,50,58)(H,51,59)(H,52,67)/t17?,18?,19?,20?,23?,24?,25?,26?,27?,28?,29?,30?,31-,32-,33-,34+,35-,36?,37+,44+,45+,46-/m0/s1. The molecule has 5 rings (SSSR count). The second kappa shape index (κ2) is 27.8. The Morgan fingerprint density at radius 2 is 1.23 bits per heavy atom. The summed E-state index contributed by atoms with van der Waals surface area (Å²) in [6, 6.07) is -9.32. The molecule has 5 fully saturated rings. The van der Waals surface area contributed by atoms with E-state index in [1.807, 2.05) is 0 Å². The van der Waals surface area contributed by atoms with E-state index in [-0.39, 0.29) is 25.9 Å². The van der Waals surface area contributed by atoms with E-state index in [1.54, 1.807) is 0 Å². The second-order valence-electron chi connectivity index (χ2n) is 20.0. The Labute approximate surface area is 442 Å². The number of likely N-dealkylation sites (tertiary alicyclic amines) is 2. The third kappa shape index (κ3) is 15.1. The molecule has 16 N–H and O–H groups in total. The second-order valence-corrected chi connectivity index (χ2v) is 20.0. The smallest absolute Gasteiger partial charge is 0.246 e. The lowest BCUT2D eigenvalue weighted by molar-refractivity contribution is -0.359. The first-order valence-electron chi connectivity index (χ1n) is 25.4. The molecule has 5 aliphatic rings. The number of aliphatic hydroxyl groups is 9. The van der Waals surface area contributed by atoms with E-state index >= 15 is 0 Å². The zero-order valence-electron chi connectivity index (χ0n) is 43.5. The first-order chi connectivity index (χ1) is 36.3. The minimum Gasteiger partial charge on any atom is -0.394 e. The van der Waals surface area contributed by atoms with E-state index in [9.17, 15) is 84.3 Å². The molecule has 31 heteroatoms. The van der Waals surface area contributed by atoms with Gasteiger partial charge in [-0.25, -0.2) is 0 Å². The minimum absolute atomic E-state index is 0.0821. The summed E-state index contributed by atoms with van der Waals surface area (Å²) in [7, 11) is 0. The Morgan fingerprint density at radius 3 is 1.82 bits per heavy atom. The lowest BCUT2D eigenvalue weighted by Gasteiger charge is -2.48. The van der Waals surface area contributed by atoms with E-state index in [0.717, 1.165) is 13.8 Å². The highest BCUT2D eigenvalue weighted by Gasteiger charge is 2.53. The molecule has 77 heavy (non-hydrogen) atoms. The Morgan fingerprint density at radius 1 is 0.649 bits per heavy atom. The van der Waals surface area contributed by atoms with Crippen LogP contribution in [0.3, 0.4) is 0 Å². The van der Waals surface area contributed by atoms with Crippen LogP contribution in [0.5, 0.6) is 0 Å². The molecular weight excluding hydrogens is 1030 g/mol. The van der Waals surface area contributed by atoms with Crippen LogP contribution in [0.2, 0.25) is 0 Å². The number of amides is 8. The highest BCUT2D eigenvalue weighted by atomic mass is 16.7. The van der Waals surface area contributed by atoms with Gasteiger partial charge in [0.25, 0.3) is 0 Å². The molecule has 5 aliphatic heterocycles. The maximum absolute atomic E-state index is 14.5. The number of carbonyl (C=O) groups excluding carboxylic acids is 8. The van der Waals surface area contributed by atoms with Crippen LogP contribution in [0.1, 0.15) is 67.2 Å². The summed E-state index contributed by atoms with van der Waals surface area (Å²) < 4.78 is 35.6. The summed E-state index contributed by atoms with van der Waals surface area (Å²) in [5.74, 6) is -7.45. The molecule has 0 aromatic heterocycles. The number of nitrogens with zero attached hydrogens (tertiary/aromatic N) is 2. The van der Waals surface area contributed by atoms with Crippen LogP contribution in [0.4, 0.5) is 0 Å². The summed E-state index contributed by atoms with van der Waals surface area (Å²) in [4.78, 5) is 108. The Hall–Kier alpha value is -4.84. The first-order valence-corrected chi connectivity index (χ1v) is 25.4. The van der Waals surface area contributed by atoms with Crippen LogP contribution in [0.25, 0.3) is 0 Å². The van der Waals surface area contributed by atoms with Gasteiger partial charge in [-0.3, -0.25) is 38.4 Å². The molecule has 22 atom stereocenters. The van der Waals surface area contributed by atoms with Gasteiger partial charge < -0.3 is 116 Å². The molecule has 0 aliphatic carbocycles. The van der Waals surface area contributed by atoms with Crippen LogP contribution in [0, 0.1) is 5.92 Å². The molecule has 0 spiro atoms. The Balaban J connectivity index is 1.41. The maximum Gasteiger partial charge on any atom is 0.246 e. The number of aliphatic hydroxyl groups excluding tert-OH is 9. The molecular formula is C46H76N8O23. The predicted molar refractivity (Wildman–Crippen MR) is 255 cm³/mol. The number of hydrogen-bond acceptors (Lipinski definition) is 23. The van der Waals surface area contributed by atoms with Crippen LogP contribution >= 0.6 is 0 Å². The number of primary amides is 1. The van der Waals surface area contributed by atoms with Crippen molar-refractivity contribution in [3.63, 3.8) is 0 Å². The van der Waals surface area contributed by atoms with Crippen molar-refractivity contribution in [2.75, 3.05) is 39.5 Å². The number of nitrogens with two attached hydrogens (primary N) is 1. The number of nitrogens with one attached hydrogen (secondary N) is 5. The molecule has 13 unspecified atom stereocenters. The highest BCUT2D eigenvalue weighted by Crippen LogP contribution is 2.35. The minimum atomic E-state index is -1.98. The molecule has 438 valence electrons. The topological polar surface area (TPSA) is 467 Å². The van der Waals surface area contributed by atoms with E-state index in [4.69, 9.17) is 34.2 Å². The molecule has 5 saturated heterocycles. The average molecular weight is 1110 g/mol. The van der Waals surface area contributed by atoms with Crippen molar-refractivity contribution in [2.24, 2.45) is 11.7 Å². The van der Waals surface area contributed by atoms with Gasteiger partial charge in [0, 0.05) is 32.9 Å². The number of carbonyl (C=O) groups is 8. The Kier molecular flexibility index (Phi) is 22.8. The molecule has 0 saturated carbocycles. The van der Waals surface area contributed by atoms with Gasteiger partial charge >= 0.3 is 0 Å². The summed E-state index contributed by atoms with van der Waals surface area (Å²) in [6.07, 6.45) is -22.4. The van der Waals surface area contributed by atoms with Gasteiger partial charge in [-0.05, 0) is 46.5 Å². The fourth-order valence-electron chi connectivity index (χ4n) is 9.85. The lowest BCUT2D eigenvalue weighted by atomic mass is 9.91. The molecule has 31 nitrogen and oxygen atoms in total. The van der Waals surface area contributed by atoms with Gasteiger partial charge in [0.05, 0.1) is 38.6 Å². The summed E-state index contributed by atoms with van der Waals surface area (Å²) in [5, 5.41) is 107. The monoisotopic (exact) mass is 1110 g/mol. The molecule has 0 bridgehead atoms. The quantitative estimate of drug-likeness (QED) is 0.0479. The maximum atomic E-state index is 14.5. The summed E-state index contributed by atoms with van der Waals surface area (Å²) >= 11 is 0. The summed E-state index contributed by atoms with van der Waals surface area (Å²) in [6.45, 7) is 4.49. The van der Waals surface area contributed by atoms with E-state index in [0.29, 0.717) is 12.8 Å². The largest absolute Gasteiger partial charge is 0.394 e. The lowest BCUT2D eigenvalue weighted by Crippen LogP contribution is -2.66. The van der Waals surface area contributed by atoms with Crippen LogP contribution in [-0.4, -0.2) is 271 Å². The van der Waals surface area contributed by atoms with Gasteiger partial charge in [0.15, 0.2) is 18.9 Å². The Bertz CT molecular complexity index is 2080. The van der Waals surface area contributed by atoms with E-state index < -0.39 is 208 Å². The summed E-state index contributed by atoms with van der Waals surface area (Å²) in [5.41, 5.74) is 5.31. The van der Waals surface area contributed by atoms with Crippen molar-refractivity contribution in [3.8, 4) is 0 Å². The number of ether oxygens (including phenoxy) is 6. The van der Waals surface area contributed by atoms with Crippen molar-refractivity contribution in [1.82, 2.24) is 36.4 Å². The molecule has 0 aromatic rings. The normalized spacial score (nSPS) is 35.4. The number of hydrogen-bond donors (Lipinski definition) is 15. The average Bonchev–Trinajstić information content (AvgIpc) is 4.09. The van der Waals surface area contributed by atoms with Gasteiger partial charge in [-0.15, -0.1) is 0 Å². The molecule has 0 radical (unpaired) electrons. The van der Waals surface area contributed by atoms with Crippen molar-refractivity contribution in [1.29, 1.82) is 0 Å². The van der Waals surface area contributed by atoms with Gasteiger partial charge in [0.1, 0.15) is 97.2 Å². The molecule has 5 heterocycles. The highest BCUT2D eigenvalue weighted by molar-refractivity contribution is 5.97. The van der Waals surface area contributed by atoms with E-state index in [1.165, 1.54) is 37.5 Å². The van der Waals surface area contributed by atoms with Crippen LogP contribution in [0.15, 0.2) is 0 Å². The predicted octanol–water partition coefficient (Wildman–Crippen LogP) is -9.28. The third-order valence-electron chi connectivity index (χ3n) is 14.2. The zero-order valence-corrected chi connectivity index (χ0v) is 43.5. The van der Waals surface area contributed by atoms with Gasteiger partial charge in [-0.2, -0.15) is 0 Å². The molecule has 8 amide bonds. The third-order valence-corrected chi connectivity index (χ3v) is 14.2. The van der Waals surface area contributed by atoms with Crippen LogP contribution < -0.4 is 32.3 Å². The molecule has 0 aromatic carbocycles. The van der Waals surface area contributed by atoms with Gasteiger partial charge in [-0.1, -0.05) is 6.92 Å². The zero-order chi connectivity index (χ0) is 57.3. The fourth-order valence-corrected chi connectivity index (χ4v) is 9.85. The van der Waals surface area contributed by atoms with Crippen molar-refractivity contribution in [3.05, 3.63) is 0 Å². The van der Waals surface area contributed by atoms with Crippen molar-refractivity contribution >= 4 is 47.3 Å². The van der Waals surface area contributed by atoms with Gasteiger partial charge in [0.2, 0.25) is 47.3 Å². The van der Waals surface area contributed by atoms with Crippen molar-refractivity contribution < 1.29 is 113 Å². The number of rotatable bonds is 22.